The van der Waals surface area contributed by atoms with Crippen LogP contribution in [0.2, 0.25) is 0 Å². The molecule has 1 amide bonds. The summed E-state index contributed by atoms with van der Waals surface area (Å²) in [5, 5.41) is 0. The third-order valence-corrected chi connectivity index (χ3v) is 4.38. The molecule has 27 heavy (non-hydrogen) atoms. The van der Waals surface area contributed by atoms with Gasteiger partial charge in [-0.25, -0.2) is 9.37 Å². The Morgan fingerprint density at radius 3 is 2.52 bits per heavy atom. The standard InChI is InChI=1S/C22H23FN2O2/c1-4-25(17-12-15(2)11-16(3)13-17)22(26)10-9-21-24-14-20(27-21)18-7-5-6-8-19(18)23/h5-8,11-14H,4,9-10H2,1-3H3. The lowest BCUT2D eigenvalue weighted by molar-refractivity contribution is -0.118. The van der Waals surface area contributed by atoms with Crippen molar-refractivity contribution in [3.8, 4) is 11.3 Å². The first-order chi connectivity index (χ1) is 13.0. The molecule has 0 aliphatic rings. The van der Waals surface area contributed by atoms with Crippen molar-refractivity contribution in [1.82, 2.24) is 4.98 Å². The van der Waals surface area contributed by atoms with Crippen LogP contribution in [0.3, 0.4) is 0 Å². The van der Waals surface area contributed by atoms with Gasteiger partial charge in [0.25, 0.3) is 0 Å². The molecule has 0 fully saturated rings. The highest BCUT2D eigenvalue weighted by atomic mass is 19.1. The summed E-state index contributed by atoms with van der Waals surface area (Å²) < 4.78 is 19.5. The predicted molar refractivity (Wildman–Crippen MR) is 104 cm³/mol. The quantitative estimate of drug-likeness (QED) is 0.611. The molecule has 0 saturated carbocycles. The van der Waals surface area contributed by atoms with Crippen LogP contribution < -0.4 is 4.90 Å². The fourth-order valence-corrected chi connectivity index (χ4v) is 3.17. The van der Waals surface area contributed by atoms with Crippen LogP contribution in [0.15, 0.2) is 53.1 Å². The van der Waals surface area contributed by atoms with E-state index in [-0.39, 0.29) is 18.1 Å². The molecule has 0 aliphatic heterocycles. The summed E-state index contributed by atoms with van der Waals surface area (Å²) in [7, 11) is 0. The number of hydrogen-bond donors (Lipinski definition) is 0. The second-order valence-corrected chi connectivity index (χ2v) is 6.58. The third-order valence-electron chi connectivity index (χ3n) is 4.38. The number of aryl methyl sites for hydroxylation is 3. The fraction of sp³-hybridized carbons (Fsp3) is 0.273. The number of aromatic nitrogens is 1. The Balaban J connectivity index is 1.69. The van der Waals surface area contributed by atoms with Crippen LogP contribution in [-0.2, 0) is 11.2 Å². The first kappa shape index (κ1) is 18.8. The van der Waals surface area contributed by atoms with Gasteiger partial charge in [-0.2, -0.15) is 0 Å². The molecule has 0 saturated heterocycles. The SMILES string of the molecule is CCN(C(=O)CCc1ncc(-c2ccccc2F)o1)c1cc(C)cc(C)c1. The number of hydrogen-bond acceptors (Lipinski definition) is 3. The first-order valence-electron chi connectivity index (χ1n) is 9.06. The van der Waals surface area contributed by atoms with E-state index >= 15 is 0 Å². The lowest BCUT2D eigenvalue weighted by Crippen LogP contribution is -2.30. The molecule has 0 spiro atoms. The van der Waals surface area contributed by atoms with Crippen molar-refractivity contribution >= 4 is 11.6 Å². The van der Waals surface area contributed by atoms with Crippen molar-refractivity contribution in [2.45, 2.75) is 33.6 Å². The van der Waals surface area contributed by atoms with E-state index in [9.17, 15) is 9.18 Å². The van der Waals surface area contributed by atoms with Gasteiger partial charge < -0.3 is 9.32 Å². The Kier molecular flexibility index (Phi) is 5.69. The Morgan fingerprint density at radius 2 is 1.85 bits per heavy atom. The van der Waals surface area contributed by atoms with E-state index in [0.29, 0.717) is 30.2 Å². The minimum Gasteiger partial charge on any atom is -0.441 e. The summed E-state index contributed by atoms with van der Waals surface area (Å²) in [6.45, 7) is 6.59. The number of rotatable bonds is 6. The number of carbonyl (C=O) groups is 1. The van der Waals surface area contributed by atoms with E-state index in [2.05, 4.69) is 11.1 Å². The number of benzene rings is 2. The van der Waals surface area contributed by atoms with E-state index in [1.165, 1.54) is 12.3 Å². The summed E-state index contributed by atoms with van der Waals surface area (Å²) in [5.41, 5.74) is 3.52. The molecule has 5 heteroatoms. The molecule has 140 valence electrons. The van der Waals surface area contributed by atoms with Gasteiger partial charge in [0.1, 0.15) is 5.82 Å². The molecule has 0 atom stereocenters. The number of anilines is 1. The fourth-order valence-electron chi connectivity index (χ4n) is 3.17. The Labute approximate surface area is 158 Å². The van der Waals surface area contributed by atoms with Gasteiger partial charge in [0, 0.05) is 25.1 Å². The van der Waals surface area contributed by atoms with Crippen molar-refractivity contribution in [1.29, 1.82) is 0 Å². The molecule has 4 nitrogen and oxygen atoms in total. The zero-order valence-electron chi connectivity index (χ0n) is 15.8. The Hall–Kier alpha value is -2.95. The monoisotopic (exact) mass is 366 g/mol. The second-order valence-electron chi connectivity index (χ2n) is 6.58. The number of nitrogens with zero attached hydrogens (tertiary/aromatic N) is 2. The van der Waals surface area contributed by atoms with Crippen LogP contribution in [0.1, 0.15) is 30.4 Å². The molecular formula is C22H23FN2O2. The minimum atomic E-state index is -0.358. The van der Waals surface area contributed by atoms with Gasteiger partial charge in [-0.3, -0.25) is 4.79 Å². The van der Waals surface area contributed by atoms with Crippen molar-refractivity contribution in [2.75, 3.05) is 11.4 Å². The number of carbonyl (C=O) groups excluding carboxylic acids is 1. The molecular weight excluding hydrogens is 343 g/mol. The molecule has 0 radical (unpaired) electrons. The Morgan fingerprint density at radius 1 is 1.15 bits per heavy atom. The van der Waals surface area contributed by atoms with E-state index in [1.54, 1.807) is 23.1 Å². The molecule has 0 bridgehead atoms. The zero-order chi connectivity index (χ0) is 19.4. The van der Waals surface area contributed by atoms with Crippen molar-refractivity contribution < 1.29 is 13.6 Å². The minimum absolute atomic E-state index is 0.00754. The van der Waals surface area contributed by atoms with Crippen LogP contribution in [-0.4, -0.2) is 17.4 Å². The molecule has 0 N–H and O–H groups in total. The van der Waals surface area contributed by atoms with Gasteiger partial charge in [0.05, 0.1) is 11.8 Å². The number of oxazole rings is 1. The topological polar surface area (TPSA) is 46.3 Å². The Bertz CT molecular complexity index is 929. The van der Waals surface area contributed by atoms with Crippen LogP contribution >= 0.6 is 0 Å². The summed E-state index contributed by atoms with van der Waals surface area (Å²) in [6.07, 6.45) is 2.15. The van der Waals surface area contributed by atoms with Crippen LogP contribution in [0, 0.1) is 19.7 Å². The number of amides is 1. The van der Waals surface area contributed by atoms with Crippen LogP contribution in [0.5, 0.6) is 0 Å². The number of halogens is 1. The van der Waals surface area contributed by atoms with E-state index in [4.69, 9.17) is 4.42 Å². The van der Waals surface area contributed by atoms with Crippen LogP contribution in [0.4, 0.5) is 10.1 Å². The van der Waals surface area contributed by atoms with Gasteiger partial charge in [-0.1, -0.05) is 18.2 Å². The van der Waals surface area contributed by atoms with Gasteiger partial charge in [-0.15, -0.1) is 0 Å². The van der Waals surface area contributed by atoms with Gasteiger partial charge in [-0.05, 0) is 56.2 Å². The highest BCUT2D eigenvalue weighted by molar-refractivity contribution is 5.93. The molecule has 0 aliphatic carbocycles. The normalized spacial score (nSPS) is 10.8. The maximum atomic E-state index is 13.9. The first-order valence-corrected chi connectivity index (χ1v) is 9.06. The summed E-state index contributed by atoms with van der Waals surface area (Å²) in [5.74, 6) is 0.451. The largest absolute Gasteiger partial charge is 0.441 e. The molecule has 0 unspecified atom stereocenters. The van der Waals surface area contributed by atoms with Gasteiger partial charge in [0.2, 0.25) is 5.91 Å². The van der Waals surface area contributed by atoms with Gasteiger partial charge in [0.15, 0.2) is 11.7 Å². The second kappa shape index (κ2) is 8.16. The summed E-state index contributed by atoms with van der Waals surface area (Å²) in [6, 6.07) is 12.5. The third kappa shape index (κ3) is 4.42. The smallest absolute Gasteiger partial charge is 0.227 e. The zero-order valence-corrected chi connectivity index (χ0v) is 15.8. The lowest BCUT2D eigenvalue weighted by atomic mass is 10.1. The van der Waals surface area contributed by atoms with Crippen molar-refractivity contribution in [2.24, 2.45) is 0 Å². The summed E-state index contributed by atoms with van der Waals surface area (Å²) >= 11 is 0. The maximum absolute atomic E-state index is 13.9. The van der Waals surface area contributed by atoms with E-state index < -0.39 is 0 Å². The lowest BCUT2D eigenvalue weighted by Gasteiger charge is -2.22. The maximum Gasteiger partial charge on any atom is 0.227 e. The molecule has 1 heterocycles. The predicted octanol–water partition coefficient (Wildman–Crippen LogP) is 5.08. The van der Waals surface area contributed by atoms with E-state index in [1.807, 2.05) is 32.9 Å². The summed E-state index contributed by atoms with van der Waals surface area (Å²) in [4.78, 5) is 18.7. The van der Waals surface area contributed by atoms with Crippen molar-refractivity contribution in [3.63, 3.8) is 0 Å². The molecule has 2 aromatic carbocycles. The van der Waals surface area contributed by atoms with Crippen molar-refractivity contribution in [3.05, 3.63) is 71.5 Å². The van der Waals surface area contributed by atoms with Crippen LogP contribution in [0.25, 0.3) is 11.3 Å². The molecule has 3 rings (SSSR count). The average Bonchev–Trinajstić information content (AvgIpc) is 3.09. The molecule has 1 aromatic heterocycles. The molecule has 3 aromatic rings. The van der Waals surface area contributed by atoms with Gasteiger partial charge >= 0.3 is 0 Å². The average molecular weight is 366 g/mol. The highest BCUT2D eigenvalue weighted by Crippen LogP contribution is 2.24. The van der Waals surface area contributed by atoms with E-state index in [0.717, 1.165) is 16.8 Å². The highest BCUT2D eigenvalue weighted by Gasteiger charge is 2.17.